The van der Waals surface area contributed by atoms with Crippen molar-refractivity contribution < 1.29 is 9.53 Å². The molecule has 0 radical (unpaired) electrons. The molecule has 0 aliphatic carbocycles. The molecule has 4 rings (SSSR count). The van der Waals surface area contributed by atoms with Crippen LogP contribution in [0.5, 0.6) is 0 Å². The second kappa shape index (κ2) is 10.9. The van der Waals surface area contributed by atoms with Crippen molar-refractivity contribution in [3.63, 3.8) is 0 Å². The topological polar surface area (TPSA) is 76.5 Å². The van der Waals surface area contributed by atoms with Crippen molar-refractivity contribution in [2.24, 2.45) is 0 Å². The molecule has 8 heteroatoms. The second-order valence-electron chi connectivity index (χ2n) is 8.62. The maximum absolute atomic E-state index is 13.8. The fourth-order valence-electron chi connectivity index (χ4n) is 4.20. The van der Waals surface area contributed by atoms with Crippen LogP contribution in [0.3, 0.4) is 0 Å². The van der Waals surface area contributed by atoms with Gasteiger partial charge in [0.1, 0.15) is 5.82 Å². The van der Waals surface area contributed by atoms with Crippen LogP contribution in [0.25, 0.3) is 16.6 Å². The van der Waals surface area contributed by atoms with Crippen LogP contribution in [-0.4, -0.2) is 40.7 Å². The third kappa shape index (κ3) is 4.98. The van der Waals surface area contributed by atoms with Crippen LogP contribution < -0.4 is 10.9 Å². The standard InChI is InChI=1S/C28H29ClN4O3/c1-18-10-5-7-13-23(18)31-28(35)32(16-17-36-4)20(3)26-30-24-14-8-6-11-21(24)27(34)33(26)25-15-9-12-22(29)19(25)2/h5-15,20H,16-17H2,1-4H3,(H,31,35). The maximum atomic E-state index is 13.8. The minimum atomic E-state index is -0.570. The summed E-state index contributed by atoms with van der Waals surface area (Å²) in [5, 5.41) is 4.02. The van der Waals surface area contributed by atoms with Crippen molar-refractivity contribution in [3.05, 3.63) is 99.1 Å². The summed E-state index contributed by atoms with van der Waals surface area (Å²) in [6.45, 7) is 6.27. The van der Waals surface area contributed by atoms with Crippen molar-refractivity contribution >= 4 is 34.2 Å². The van der Waals surface area contributed by atoms with Crippen molar-refractivity contribution in [2.45, 2.75) is 26.8 Å². The summed E-state index contributed by atoms with van der Waals surface area (Å²) in [4.78, 5) is 33.8. The lowest BCUT2D eigenvalue weighted by Gasteiger charge is -2.31. The number of para-hydroxylation sites is 2. The summed E-state index contributed by atoms with van der Waals surface area (Å²) in [6, 6.07) is 19.3. The Labute approximate surface area is 215 Å². The van der Waals surface area contributed by atoms with Gasteiger partial charge in [-0.2, -0.15) is 0 Å². The summed E-state index contributed by atoms with van der Waals surface area (Å²) in [5.74, 6) is 0.431. The molecule has 1 unspecified atom stereocenters. The van der Waals surface area contributed by atoms with Gasteiger partial charge in [0.25, 0.3) is 5.56 Å². The van der Waals surface area contributed by atoms with E-state index in [1.54, 1.807) is 40.8 Å². The number of hydrogen-bond acceptors (Lipinski definition) is 4. The summed E-state index contributed by atoms with van der Waals surface area (Å²) in [5.41, 5.74) is 3.37. The molecular formula is C28H29ClN4O3. The Hall–Kier alpha value is -3.68. The maximum Gasteiger partial charge on any atom is 0.322 e. The first-order valence-electron chi connectivity index (χ1n) is 11.7. The number of nitrogens with zero attached hydrogens (tertiary/aromatic N) is 3. The fraction of sp³-hybridized carbons (Fsp3) is 0.250. The number of fused-ring (bicyclic) bond motifs is 1. The Bertz CT molecular complexity index is 1470. The van der Waals surface area contributed by atoms with Gasteiger partial charge in [0.2, 0.25) is 0 Å². The molecule has 0 saturated carbocycles. The number of carbonyl (C=O) groups excluding carboxylic acids is 1. The van der Waals surface area contributed by atoms with E-state index in [9.17, 15) is 9.59 Å². The van der Waals surface area contributed by atoms with Crippen LogP contribution in [0.2, 0.25) is 5.02 Å². The van der Waals surface area contributed by atoms with Crippen LogP contribution in [0.15, 0.2) is 71.5 Å². The Kier molecular flexibility index (Phi) is 7.72. The SMILES string of the molecule is COCCN(C(=O)Nc1ccccc1C)C(C)c1nc2ccccc2c(=O)n1-c1cccc(Cl)c1C. The Balaban J connectivity index is 1.87. The zero-order chi connectivity index (χ0) is 25.8. The normalized spacial score (nSPS) is 11.9. The predicted molar refractivity (Wildman–Crippen MR) is 144 cm³/mol. The first kappa shape index (κ1) is 25.4. The minimum absolute atomic E-state index is 0.223. The predicted octanol–water partition coefficient (Wildman–Crippen LogP) is 5.90. The van der Waals surface area contributed by atoms with Crippen LogP contribution >= 0.6 is 11.6 Å². The highest BCUT2D eigenvalue weighted by Crippen LogP contribution is 2.27. The Morgan fingerprint density at radius 3 is 2.56 bits per heavy atom. The molecule has 1 heterocycles. The number of hydrogen-bond donors (Lipinski definition) is 1. The van der Waals surface area contributed by atoms with Crippen molar-refractivity contribution in [1.29, 1.82) is 0 Å². The molecule has 7 nitrogen and oxygen atoms in total. The molecule has 0 spiro atoms. The van der Waals surface area contributed by atoms with Crippen LogP contribution in [-0.2, 0) is 4.74 Å². The zero-order valence-corrected chi connectivity index (χ0v) is 21.5. The average molecular weight is 505 g/mol. The smallest absolute Gasteiger partial charge is 0.322 e. The van der Waals surface area contributed by atoms with Crippen LogP contribution in [0.1, 0.15) is 29.9 Å². The number of carbonyl (C=O) groups is 1. The van der Waals surface area contributed by atoms with Gasteiger partial charge in [-0.3, -0.25) is 9.36 Å². The number of ether oxygens (including phenoxy) is 1. The summed E-state index contributed by atoms with van der Waals surface area (Å²) < 4.78 is 6.86. The Morgan fingerprint density at radius 1 is 1.08 bits per heavy atom. The van der Waals surface area contributed by atoms with E-state index >= 15 is 0 Å². The molecule has 0 aliphatic heterocycles. The lowest BCUT2D eigenvalue weighted by atomic mass is 10.1. The van der Waals surface area contributed by atoms with Crippen molar-refractivity contribution in [2.75, 3.05) is 25.6 Å². The summed E-state index contributed by atoms with van der Waals surface area (Å²) >= 11 is 6.43. The molecule has 1 atom stereocenters. The summed E-state index contributed by atoms with van der Waals surface area (Å²) in [7, 11) is 1.58. The average Bonchev–Trinajstić information content (AvgIpc) is 2.87. The number of anilines is 1. The van der Waals surface area contributed by atoms with Crippen LogP contribution in [0, 0.1) is 13.8 Å². The number of urea groups is 1. The minimum Gasteiger partial charge on any atom is -0.383 e. The highest BCUT2D eigenvalue weighted by Gasteiger charge is 2.27. The molecule has 0 fully saturated rings. The van der Waals surface area contributed by atoms with Gasteiger partial charge in [-0.15, -0.1) is 0 Å². The molecule has 3 aromatic carbocycles. The highest BCUT2D eigenvalue weighted by molar-refractivity contribution is 6.31. The van der Waals surface area contributed by atoms with E-state index in [4.69, 9.17) is 21.3 Å². The number of nitrogens with one attached hydrogen (secondary N) is 1. The highest BCUT2D eigenvalue weighted by atomic mass is 35.5. The van der Waals surface area contributed by atoms with Gasteiger partial charge in [0.15, 0.2) is 0 Å². The van der Waals surface area contributed by atoms with E-state index in [1.807, 2.05) is 63.2 Å². The van der Waals surface area contributed by atoms with Gasteiger partial charge >= 0.3 is 6.03 Å². The van der Waals surface area contributed by atoms with Crippen molar-refractivity contribution in [1.82, 2.24) is 14.5 Å². The van der Waals surface area contributed by atoms with Crippen LogP contribution in [0.4, 0.5) is 10.5 Å². The quantitative estimate of drug-likeness (QED) is 0.340. The third-order valence-electron chi connectivity index (χ3n) is 6.31. The number of halogens is 1. The molecule has 0 saturated heterocycles. The van der Waals surface area contributed by atoms with E-state index in [0.29, 0.717) is 46.3 Å². The molecular weight excluding hydrogens is 476 g/mol. The lowest BCUT2D eigenvalue weighted by molar-refractivity contribution is 0.137. The number of benzene rings is 3. The van der Waals surface area contributed by atoms with Gasteiger partial charge in [-0.05, 0) is 62.2 Å². The zero-order valence-electron chi connectivity index (χ0n) is 20.8. The molecule has 0 aliphatic rings. The lowest BCUT2D eigenvalue weighted by Crippen LogP contribution is -2.41. The number of amides is 2. The van der Waals surface area contributed by atoms with Gasteiger partial charge in [-0.1, -0.05) is 48.0 Å². The molecule has 4 aromatic rings. The molecule has 1 aromatic heterocycles. The number of methoxy groups -OCH3 is 1. The molecule has 36 heavy (non-hydrogen) atoms. The first-order chi connectivity index (χ1) is 17.3. The number of aromatic nitrogens is 2. The van der Waals surface area contributed by atoms with Gasteiger partial charge in [0.05, 0.1) is 29.2 Å². The van der Waals surface area contributed by atoms with E-state index in [0.717, 1.165) is 11.1 Å². The largest absolute Gasteiger partial charge is 0.383 e. The molecule has 186 valence electrons. The molecule has 0 bridgehead atoms. The van der Waals surface area contributed by atoms with E-state index in [-0.39, 0.29) is 11.6 Å². The van der Waals surface area contributed by atoms with E-state index < -0.39 is 6.04 Å². The summed E-state index contributed by atoms with van der Waals surface area (Å²) in [6.07, 6.45) is 0. The first-order valence-corrected chi connectivity index (χ1v) is 12.1. The van der Waals surface area contributed by atoms with E-state index in [1.165, 1.54) is 0 Å². The van der Waals surface area contributed by atoms with Crippen molar-refractivity contribution in [3.8, 4) is 5.69 Å². The fourth-order valence-corrected chi connectivity index (χ4v) is 4.37. The Morgan fingerprint density at radius 2 is 1.81 bits per heavy atom. The van der Waals surface area contributed by atoms with Gasteiger partial charge in [-0.25, -0.2) is 9.78 Å². The molecule has 1 N–H and O–H groups in total. The number of rotatable bonds is 7. The molecule has 2 amide bonds. The third-order valence-corrected chi connectivity index (χ3v) is 6.72. The number of aryl methyl sites for hydroxylation is 1. The van der Waals surface area contributed by atoms with E-state index in [2.05, 4.69) is 5.32 Å². The van der Waals surface area contributed by atoms with Gasteiger partial charge < -0.3 is 15.0 Å². The monoisotopic (exact) mass is 504 g/mol. The second-order valence-corrected chi connectivity index (χ2v) is 9.03. The van der Waals surface area contributed by atoms with Gasteiger partial charge in [0, 0.05) is 24.4 Å².